The molecule has 1 aromatic rings. The van der Waals surface area contributed by atoms with Crippen LogP contribution in [0, 0.1) is 5.92 Å². The third-order valence-corrected chi connectivity index (χ3v) is 5.20. The van der Waals surface area contributed by atoms with Gasteiger partial charge in [0.1, 0.15) is 6.54 Å². The maximum atomic E-state index is 12.1. The minimum absolute atomic E-state index is 0. The van der Waals surface area contributed by atoms with Crippen LogP contribution in [0.4, 0.5) is 0 Å². The van der Waals surface area contributed by atoms with Crippen LogP contribution in [0.1, 0.15) is 24.8 Å². The lowest BCUT2D eigenvalue weighted by Crippen LogP contribution is -2.42. The van der Waals surface area contributed by atoms with Gasteiger partial charge >= 0.3 is 0 Å². The maximum absolute atomic E-state index is 12.1. The number of halogens is 1. The molecule has 2 amide bonds. The van der Waals surface area contributed by atoms with Gasteiger partial charge in [-0.15, -0.1) is 24.0 Å². The summed E-state index contributed by atoms with van der Waals surface area (Å²) in [7, 11) is 3.45. The molecule has 29 heavy (non-hydrogen) atoms. The molecule has 1 aliphatic heterocycles. The summed E-state index contributed by atoms with van der Waals surface area (Å²) in [6.45, 7) is 2.34. The highest BCUT2D eigenvalue weighted by molar-refractivity contribution is 14.0. The number of guanidine groups is 1. The van der Waals surface area contributed by atoms with Crippen molar-refractivity contribution in [3.63, 3.8) is 0 Å². The zero-order chi connectivity index (χ0) is 19.9. The van der Waals surface area contributed by atoms with E-state index in [2.05, 4.69) is 27.8 Å². The average molecular weight is 513 g/mol. The Labute approximate surface area is 190 Å². The second-order valence-electron chi connectivity index (χ2n) is 7.84. The molecule has 2 aliphatic rings. The minimum Gasteiger partial charge on any atom is -0.356 e. The Morgan fingerprint density at radius 2 is 1.93 bits per heavy atom. The van der Waals surface area contributed by atoms with Crippen molar-refractivity contribution in [1.82, 2.24) is 20.4 Å². The number of carbonyl (C=O) groups is 2. The van der Waals surface area contributed by atoms with Crippen LogP contribution in [0.5, 0.6) is 0 Å². The Bertz CT molecular complexity index is 706. The van der Waals surface area contributed by atoms with Crippen molar-refractivity contribution in [2.45, 2.75) is 31.7 Å². The van der Waals surface area contributed by atoms with Gasteiger partial charge in [0.2, 0.25) is 11.8 Å². The van der Waals surface area contributed by atoms with E-state index in [1.54, 1.807) is 14.1 Å². The molecule has 1 aromatic carbocycles. The van der Waals surface area contributed by atoms with Crippen LogP contribution in [0.15, 0.2) is 35.3 Å². The number of rotatable bonds is 8. The van der Waals surface area contributed by atoms with Crippen LogP contribution in [-0.4, -0.2) is 73.9 Å². The van der Waals surface area contributed by atoms with Gasteiger partial charge in [-0.05, 0) is 24.8 Å². The monoisotopic (exact) mass is 513 g/mol. The van der Waals surface area contributed by atoms with Gasteiger partial charge in [0.05, 0.1) is 0 Å². The Hall–Kier alpha value is -1.84. The van der Waals surface area contributed by atoms with Gasteiger partial charge in [0, 0.05) is 52.1 Å². The number of hydrogen-bond acceptors (Lipinski definition) is 3. The minimum atomic E-state index is -0.0416. The first kappa shape index (κ1) is 23.4. The van der Waals surface area contributed by atoms with Crippen molar-refractivity contribution >= 4 is 41.8 Å². The van der Waals surface area contributed by atoms with E-state index >= 15 is 0 Å². The second kappa shape index (κ2) is 11.4. The fraction of sp³-hybridized carbons (Fsp3) is 0.571. The van der Waals surface area contributed by atoms with E-state index in [1.807, 2.05) is 23.1 Å². The number of amides is 2. The molecule has 1 aliphatic carbocycles. The van der Waals surface area contributed by atoms with Gasteiger partial charge in [-0.1, -0.05) is 30.3 Å². The standard InChI is InChI=1S/C21H31N5O2.HI/c1-25(2)20(28)14-24-21(22-11-10-16-6-4-3-5-7-16)23-13-17-12-19(27)26(15-17)18-8-9-18;/h3-7,17-18H,8-15H2,1-2H3,(H2,22,23,24);1H. The number of aliphatic imine (C=N–C) groups is 1. The van der Waals surface area contributed by atoms with Crippen molar-refractivity contribution in [2.24, 2.45) is 10.9 Å². The normalized spacial score (nSPS) is 19.0. The Morgan fingerprint density at radius 3 is 2.59 bits per heavy atom. The highest BCUT2D eigenvalue weighted by atomic mass is 127. The van der Waals surface area contributed by atoms with E-state index in [0.29, 0.717) is 30.9 Å². The van der Waals surface area contributed by atoms with Crippen LogP contribution in [0.25, 0.3) is 0 Å². The van der Waals surface area contributed by atoms with Crippen LogP contribution in [0.2, 0.25) is 0 Å². The highest BCUT2D eigenvalue weighted by Gasteiger charge is 2.39. The Balaban J connectivity index is 0.00000300. The van der Waals surface area contributed by atoms with Gasteiger partial charge in [0.15, 0.2) is 5.96 Å². The number of likely N-dealkylation sites (N-methyl/N-ethyl adjacent to an activating group) is 1. The third kappa shape index (κ3) is 7.49. The van der Waals surface area contributed by atoms with Crippen molar-refractivity contribution in [3.05, 3.63) is 35.9 Å². The summed E-state index contributed by atoms with van der Waals surface area (Å²) in [5.74, 6) is 1.15. The lowest BCUT2D eigenvalue weighted by molar-refractivity contribution is -0.128. The molecule has 8 heteroatoms. The van der Waals surface area contributed by atoms with Crippen molar-refractivity contribution < 1.29 is 9.59 Å². The molecule has 0 radical (unpaired) electrons. The van der Waals surface area contributed by atoms with E-state index in [1.165, 1.54) is 10.5 Å². The zero-order valence-electron chi connectivity index (χ0n) is 17.3. The fourth-order valence-electron chi connectivity index (χ4n) is 3.36. The van der Waals surface area contributed by atoms with E-state index in [4.69, 9.17) is 0 Å². The summed E-state index contributed by atoms with van der Waals surface area (Å²) >= 11 is 0. The van der Waals surface area contributed by atoms with Gasteiger partial charge in [0.25, 0.3) is 0 Å². The number of benzene rings is 1. The summed E-state index contributed by atoms with van der Waals surface area (Å²) in [6, 6.07) is 10.7. The maximum Gasteiger partial charge on any atom is 0.243 e. The van der Waals surface area contributed by atoms with E-state index in [0.717, 1.165) is 32.4 Å². The lowest BCUT2D eigenvalue weighted by atomic mass is 10.1. The molecule has 3 rings (SSSR count). The summed E-state index contributed by atoms with van der Waals surface area (Å²) in [5.41, 5.74) is 1.25. The molecule has 1 atom stereocenters. The molecule has 1 saturated heterocycles. The van der Waals surface area contributed by atoms with Crippen molar-refractivity contribution in [2.75, 3.05) is 40.3 Å². The Kier molecular flexibility index (Phi) is 9.19. The smallest absolute Gasteiger partial charge is 0.243 e. The number of likely N-dealkylation sites (tertiary alicyclic amines) is 1. The molecular formula is C21H32IN5O2. The first-order chi connectivity index (χ1) is 13.5. The molecule has 160 valence electrons. The summed E-state index contributed by atoms with van der Waals surface area (Å²) in [5, 5.41) is 6.65. The number of nitrogens with one attached hydrogen (secondary N) is 2. The van der Waals surface area contributed by atoms with Gasteiger partial charge in [-0.3, -0.25) is 9.59 Å². The van der Waals surface area contributed by atoms with Crippen molar-refractivity contribution in [3.8, 4) is 0 Å². The quantitative estimate of drug-likeness (QED) is 0.314. The summed E-state index contributed by atoms with van der Waals surface area (Å²) < 4.78 is 0. The predicted octanol–water partition coefficient (Wildman–Crippen LogP) is 1.48. The Morgan fingerprint density at radius 1 is 1.21 bits per heavy atom. The van der Waals surface area contributed by atoms with Gasteiger partial charge in [-0.25, -0.2) is 4.99 Å². The van der Waals surface area contributed by atoms with Gasteiger partial charge in [-0.2, -0.15) is 0 Å². The molecule has 1 saturated carbocycles. The average Bonchev–Trinajstić information content (AvgIpc) is 3.46. The fourth-order valence-corrected chi connectivity index (χ4v) is 3.36. The van der Waals surface area contributed by atoms with Crippen molar-refractivity contribution in [1.29, 1.82) is 0 Å². The lowest BCUT2D eigenvalue weighted by Gasteiger charge is -2.18. The molecule has 2 N–H and O–H groups in total. The van der Waals surface area contributed by atoms with E-state index in [-0.39, 0.29) is 42.3 Å². The number of carbonyl (C=O) groups excluding carboxylic acids is 2. The molecular weight excluding hydrogens is 481 g/mol. The van der Waals surface area contributed by atoms with Gasteiger partial charge < -0.3 is 20.4 Å². The second-order valence-corrected chi connectivity index (χ2v) is 7.84. The number of hydrogen-bond donors (Lipinski definition) is 2. The SMILES string of the molecule is CN(C)C(=O)CN=C(NCCc1ccccc1)NCC1CC(=O)N(C2CC2)C1.I. The van der Waals surface area contributed by atoms with Crippen LogP contribution in [-0.2, 0) is 16.0 Å². The predicted molar refractivity (Wildman–Crippen MR) is 125 cm³/mol. The zero-order valence-corrected chi connectivity index (χ0v) is 19.6. The molecule has 0 aromatic heterocycles. The molecule has 7 nitrogen and oxygen atoms in total. The molecule has 0 bridgehead atoms. The van der Waals surface area contributed by atoms with E-state index < -0.39 is 0 Å². The summed E-state index contributed by atoms with van der Waals surface area (Å²) in [4.78, 5) is 32.0. The number of nitrogens with zero attached hydrogens (tertiary/aromatic N) is 3. The first-order valence-corrected chi connectivity index (χ1v) is 10.1. The largest absolute Gasteiger partial charge is 0.356 e. The molecule has 1 heterocycles. The van der Waals surface area contributed by atoms with Crippen LogP contribution in [0.3, 0.4) is 0 Å². The third-order valence-electron chi connectivity index (χ3n) is 5.20. The van der Waals surface area contributed by atoms with E-state index in [9.17, 15) is 9.59 Å². The topological polar surface area (TPSA) is 77.0 Å². The molecule has 1 unspecified atom stereocenters. The first-order valence-electron chi connectivity index (χ1n) is 10.1. The summed E-state index contributed by atoms with van der Waals surface area (Å²) in [6.07, 6.45) is 3.76. The van der Waals surface area contributed by atoms with Crippen LogP contribution < -0.4 is 10.6 Å². The molecule has 2 fully saturated rings. The molecule has 0 spiro atoms. The van der Waals surface area contributed by atoms with Crippen LogP contribution >= 0.6 is 24.0 Å². The highest BCUT2D eigenvalue weighted by Crippen LogP contribution is 2.32.